The van der Waals surface area contributed by atoms with E-state index >= 15 is 0 Å². The predicted octanol–water partition coefficient (Wildman–Crippen LogP) is 2.37. The summed E-state index contributed by atoms with van der Waals surface area (Å²) in [6.45, 7) is 10.4. The molecule has 1 N–H and O–H groups in total. The van der Waals surface area contributed by atoms with E-state index < -0.39 is 16.1 Å². The van der Waals surface area contributed by atoms with E-state index in [-0.39, 0.29) is 6.54 Å². The zero-order chi connectivity index (χ0) is 15.9. The third kappa shape index (κ3) is 2.74. The van der Waals surface area contributed by atoms with Crippen molar-refractivity contribution < 1.29 is 13.5 Å². The second-order valence-electron chi connectivity index (χ2n) is 6.11. The number of benzene rings is 1. The molecule has 1 aromatic rings. The molecule has 1 heterocycles. The topological polar surface area (TPSA) is 57.6 Å². The van der Waals surface area contributed by atoms with Crippen molar-refractivity contribution in [3.8, 4) is 0 Å². The standard InChI is InChI=1S/C16H25NO3S/c1-10-11(2)13(4)16(14(5)12(10)3)21(19,20)17-8-6-7-15(18)9-17/h15,18H,6-9H2,1-5H3/t15-/m0/s1. The van der Waals surface area contributed by atoms with Crippen molar-refractivity contribution in [1.82, 2.24) is 4.31 Å². The first kappa shape index (κ1) is 16.5. The van der Waals surface area contributed by atoms with Crippen LogP contribution in [0.5, 0.6) is 0 Å². The molecule has 118 valence electrons. The monoisotopic (exact) mass is 311 g/mol. The molecule has 1 fully saturated rings. The number of aliphatic hydroxyl groups is 1. The second kappa shape index (κ2) is 5.71. The zero-order valence-electron chi connectivity index (χ0n) is 13.5. The number of hydrogen-bond acceptors (Lipinski definition) is 3. The van der Waals surface area contributed by atoms with E-state index in [9.17, 15) is 13.5 Å². The van der Waals surface area contributed by atoms with Gasteiger partial charge in [-0.3, -0.25) is 0 Å². The lowest BCUT2D eigenvalue weighted by molar-refractivity contribution is 0.108. The fourth-order valence-corrected chi connectivity index (χ4v) is 5.20. The van der Waals surface area contributed by atoms with Crippen LogP contribution in [-0.2, 0) is 10.0 Å². The van der Waals surface area contributed by atoms with Gasteiger partial charge in [0.15, 0.2) is 0 Å². The second-order valence-corrected chi connectivity index (χ2v) is 7.99. The highest BCUT2D eigenvalue weighted by molar-refractivity contribution is 7.89. The van der Waals surface area contributed by atoms with E-state index in [1.54, 1.807) is 0 Å². The quantitative estimate of drug-likeness (QED) is 0.912. The minimum Gasteiger partial charge on any atom is -0.392 e. The summed E-state index contributed by atoms with van der Waals surface area (Å²) in [6.07, 6.45) is 0.833. The van der Waals surface area contributed by atoms with Gasteiger partial charge in [-0.25, -0.2) is 8.42 Å². The number of hydrogen-bond donors (Lipinski definition) is 1. The highest BCUT2D eigenvalue weighted by atomic mass is 32.2. The lowest BCUT2D eigenvalue weighted by atomic mass is 9.95. The van der Waals surface area contributed by atoms with Crippen LogP contribution in [0.15, 0.2) is 4.90 Å². The summed E-state index contributed by atoms with van der Waals surface area (Å²) in [5, 5.41) is 9.78. The van der Waals surface area contributed by atoms with Gasteiger partial charge in [-0.05, 0) is 75.3 Å². The molecule has 1 aliphatic heterocycles. The first-order valence-electron chi connectivity index (χ1n) is 7.43. The van der Waals surface area contributed by atoms with Crippen molar-refractivity contribution in [3.63, 3.8) is 0 Å². The van der Waals surface area contributed by atoms with E-state index in [1.165, 1.54) is 4.31 Å². The van der Waals surface area contributed by atoms with E-state index in [0.29, 0.717) is 24.3 Å². The summed E-state index contributed by atoms with van der Waals surface area (Å²) in [5.41, 5.74) is 4.89. The summed E-state index contributed by atoms with van der Waals surface area (Å²) in [7, 11) is -3.54. The van der Waals surface area contributed by atoms with Crippen LogP contribution in [0.1, 0.15) is 40.7 Å². The Hall–Kier alpha value is -0.910. The molecule has 1 saturated heterocycles. The van der Waals surface area contributed by atoms with Gasteiger partial charge in [0.25, 0.3) is 0 Å². The van der Waals surface area contributed by atoms with Crippen LogP contribution in [0, 0.1) is 34.6 Å². The summed E-state index contributed by atoms with van der Waals surface area (Å²) < 4.78 is 27.4. The van der Waals surface area contributed by atoms with E-state index in [0.717, 1.165) is 27.8 Å². The first-order chi connectivity index (χ1) is 9.67. The third-order valence-corrected chi connectivity index (χ3v) is 7.03. The van der Waals surface area contributed by atoms with Gasteiger partial charge >= 0.3 is 0 Å². The third-order valence-electron chi connectivity index (χ3n) is 4.89. The molecule has 2 rings (SSSR count). The molecule has 0 amide bonds. The highest BCUT2D eigenvalue weighted by Crippen LogP contribution is 2.32. The molecule has 0 aromatic heterocycles. The molecule has 1 atom stereocenters. The lowest BCUT2D eigenvalue weighted by Gasteiger charge is -2.31. The molecule has 1 aliphatic rings. The molecule has 0 bridgehead atoms. The minimum absolute atomic E-state index is 0.202. The largest absolute Gasteiger partial charge is 0.392 e. The van der Waals surface area contributed by atoms with Crippen LogP contribution in [0.4, 0.5) is 0 Å². The molecule has 0 radical (unpaired) electrons. The van der Waals surface area contributed by atoms with Gasteiger partial charge in [0.2, 0.25) is 10.0 Å². The van der Waals surface area contributed by atoms with E-state index in [4.69, 9.17) is 0 Å². The van der Waals surface area contributed by atoms with Gasteiger partial charge in [-0.2, -0.15) is 4.31 Å². The van der Waals surface area contributed by atoms with Crippen LogP contribution in [-0.4, -0.2) is 37.0 Å². The Morgan fingerprint density at radius 1 is 0.952 bits per heavy atom. The number of nitrogens with zero attached hydrogens (tertiary/aromatic N) is 1. The maximum Gasteiger partial charge on any atom is 0.243 e. The molecular formula is C16H25NO3S. The van der Waals surface area contributed by atoms with Crippen molar-refractivity contribution in [2.45, 2.75) is 58.5 Å². The van der Waals surface area contributed by atoms with Crippen LogP contribution < -0.4 is 0 Å². The normalized spacial score (nSPS) is 20.8. The maximum atomic E-state index is 13.0. The summed E-state index contributed by atoms with van der Waals surface area (Å²) in [4.78, 5) is 0.428. The number of aliphatic hydroxyl groups excluding tert-OH is 1. The fourth-order valence-electron chi connectivity index (χ4n) is 3.12. The van der Waals surface area contributed by atoms with Gasteiger partial charge in [0.1, 0.15) is 0 Å². The molecule has 4 nitrogen and oxygen atoms in total. The Morgan fingerprint density at radius 3 is 1.90 bits per heavy atom. The molecule has 0 saturated carbocycles. The Kier molecular flexibility index (Phi) is 4.47. The molecule has 1 aromatic carbocycles. The average molecular weight is 311 g/mol. The number of piperidine rings is 1. The van der Waals surface area contributed by atoms with Crippen molar-refractivity contribution in [1.29, 1.82) is 0 Å². The average Bonchev–Trinajstić information content (AvgIpc) is 2.43. The zero-order valence-corrected chi connectivity index (χ0v) is 14.3. The van der Waals surface area contributed by atoms with Crippen molar-refractivity contribution >= 4 is 10.0 Å². The van der Waals surface area contributed by atoms with Gasteiger partial charge in [0, 0.05) is 13.1 Å². The Balaban J connectivity index is 2.60. The van der Waals surface area contributed by atoms with Crippen LogP contribution in [0.3, 0.4) is 0 Å². The van der Waals surface area contributed by atoms with Crippen LogP contribution in [0.2, 0.25) is 0 Å². The molecule has 21 heavy (non-hydrogen) atoms. The van der Waals surface area contributed by atoms with Crippen LogP contribution >= 0.6 is 0 Å². The summed E-state index contributed by atoms with van der Waals surface area (Å²) in [5.74, 6) is 0. The maximum absolute atomic E-state index is 13.0. The summed E-state index contributed by atoms with van der Waals surface area (Å²) in [6, 6.07) is 0. The molecule has 0 spiro atoms. The summed E-state index contributed by atoms with van der Waals surface area (Å²) >= 11 is 0. The predicted molar refractivity (Wildman–Crippen MR) is 84.1 cm³/mol. The Labute approximate surface area is 127 Å². The Morgan fingerprint density at radius 2 is 1.43 bits per heavy atom. The van der Waals surface area contributed by atoms with E-state index in [2.05, 4.69) is 0 Å². The first-order valence-corrected chi connectivity index (χ1v) is 8.87. The Bertz CT molecular complexity index is 636. The van der Waals surface area contributed by atoms with Crippen molar-refractivity contribution in [2.24, 2.45) is 0 Å². The van der Waals surface area contributed by atoms with Gasteiger partial charge < -0.3 is 5.11 Å². The van der Waals surface area contributed by atoms with Crippen LogP contribution in [0.25, 0.3) is 0 Å². The number of β-amino-alcohol motifs (C(OH)–C–C–N with tert-alkyl or cyclic N) is 1. The van der Waals surface area contributed by atoms with Crippen molar-refractivity contribution in [3.05, 3.63) is 27.8 Å². The minimum atomic E-state index is -3.54. The highest BCUT2D eigenvalue weighted by Gasteiger charge is 2.32. The molecule has 0 aliphatic carbocycles. The number of sulfonamides is 1. The number of rotatable bonds is 2. The SMILES string of the molecule is Cc1c(C)c(C)c(S(=O)(=O)N2CCC[C@H](O)C2)c(C)c1C. The van der Waals surface area contributed by atoms with Gasteiger partial charge in [-0.1, -0.05) is 0 Å². The molecule has 0 unspecified atom stereocenters. The molecule has 5 heteroatoms. The lowest BCUT2D eigenvalue weighted by Crippen LogP contribution is -2.42. The van der Waals surface area contributed by atoms with Crippen molar-refractivity contribution in [2.75, 3.05) is 13.1 Å². The van der Waals surface area contributed by atoms with Gasteiger partial charge in [0.05, 0.1) is 11.0 Å². The smallest absolute Gasteiger partial charge is 0.243 e. The van der Waals surface area contributed by atoms with Gasteiger partial charge in [-0.15, -0.1) is 0 Å². The molecular weight excluding hydrogens is 286 g/mol. The van der Waals surface area contributed by atoms with E-state index in [1.807, 2.05) is 34.6 Å². The fraction of sp³-hybridized carbons (Fsp3) is 0.625.